The molecule has 3 rings (SSSR count). The second-order valence-corrected chi connectivity index (χ2v) is 6.17. The van der Waals surface area contributed by atoms with Crippen LogP contribution in [0.4, 0.5) is 10.1 Å². The summed E-state index contributed by atoms with van der Waals surface area (Å²) in [5.74, 6) is -0.193. The Balaban J connectivity index is 1.87. The number of nitrogens with zero attached hydrogens (tertiary/aromatic N) is 1. The molecule has 1 aliphatic heterocycles. The van der Waals surface area contributed by atoms with E-state index < -0.39 is 0 Å². The van der Waals surface area contributed by atoms with Crippen molar-refractivity contribution in [1.29, 1.82) is 0 Å². The Kier molecular flexibility index (Phi) is 4.56. The quantitative estimate of drug-likeness (QED) is 0.877. The van der Waals surface area contributed by atoms with Gasteiger partial charge in [-0.15, -0.1) is 0 Å². The van der Waals surface area contributed by atoms with Crippen LogP contribution in [0.1, 0.15) is 18.0 Å². The predicted molar refractivity (Wildman–Crippen MR) is 88.1 cm³/mol. The molecule has 0 aromatic heterocycles. The maximum Gasteiger partial charge on any atom is 0.125 e. The zero-order valence-electron chi connectivity index (χ0n) is 11.7. The number of halogens is 2. The SMILES string of the molecule is Fc1ccc(Br)c(N2CCCNC(c3ccccc3)C2)c1. The second-order valence-electron chi connectivity index (χ2n) is 5.31. The molecule has 21 heavy (non-hydrogen) atoms. The van der Waals surface area contributed by atoms with Gasteiger partial charge in [0.2, 0.25) is 0 Å². The fourth-order valence-corrected chi connectivity index (χ4v) is 3.28. The molecule has 0 bridgehead atoms. The van der Waals surface area contributed by atoms with Crippen molar-refractivity contribution >= 4 is 21.6 Å². The fourth-order valence-electron chi connectivity index (χ4n) is 2.78. The highest BCUT2D eigenvalue weighted by atomic mass is 79.9. The first-order chi connectivity index (χ1) is 10.2. The summed E-state index contributed by atoms with van der Waals surface area (Å²) in [5.41, 5.74) is 2.21. The Morgan fingerprint density at radius 3 is 2.76 bits per heavy atom. The summed E-state index contributed by atoms with van der Waals surface area (Å²) in [6.45, 7) is 2.74. The summed E-state index contributed by atoms with van der Waals surface area (Å²) in [4.78, 5) is 2.25. The van der Waals surface area contributed by atoms with E-state index in [-0.39, 0.29) is 11.9 Å². The summed E-state index contributed by atoms with van der Waals surface area (Å²) in [6, 6.07) is 15.6. The van der Waals surface area contributed by atoms with Crippen molar-refractivity contribution in [3.63, 3.8) is 0 Å². The molecule has 110 valence electrons. The first-order valence-electron chi connectivity index (χ1n) is 7.22. The van der Waals surface area contributed by atoms with E-state index in [0.29, 0.717) is 0 Å². The molecule has 0 saturated carbocycles. The highest BCUT2D eigenvalue weighted by Gasteiger charge is 2.20. The lowest BCUT2D eigenvalue weighted by Gasteiger charge is -2.27. The highest BCUT2D eigenvalue weighted by Crippen LogP contribution is 2.30. The van der Waals surface area contributed by atoms with Gasteiger partial charge >= 0.3 is 0 Å². The zero-order valence-corrected chi connectivity index (χ0v) is 13.3. The molecular formula is C17H18BrFN2. The molecule has 1 aliphatic rings. The molecule has 1 heterocycles. The molecule has 0 radical (unpaired) electrons. The van der Waals surface area contributed by atoms with Gasteiger partial charge in [-0.1, -0.05) is 30.3 Å². The minimum absolute atomic E-state index is 0.193. The van der Waals surface area contributed by atoms with Crippen molar-refractivity contribution in [3.05, 3.63) is 64.4 Å². The number of benzene rings is 2. The van der Waals surface area contributed by atoms with Crippen LogP contribution in [0.15, 0.2) is 53.0 Å². The largest absolute Gasteiger partial charge is 0.369 e. The zero-order chi connectivity index (χ0) is 14.7. The fraction of sp³-hybridized carbons (Fsp3) is 0.294. The van der Waals surface area contributed by atoms with Crippen molar-refractivity contribution in [2.45, 2.75) is 12.5 Å². The van der Waals surface area contributed by atoms with Crippen LogP contribution >= 0.6 is 15.9 Å². The smallest absolute Gasteiger partial charge is 0.125 e. The average molecular weight is 349 g/mol. The topological polar surface area (TPSA) is 15.3 Å². The third-order valence-corrected chi connectivity index (χ3v) is 4.52. The normalized spacial score (nSPS) is 19.3. The van der Waals surface area contributed by atoms with E-state index in [0.717, 1.165) is 36.2 Å². The van der Waals surface area contributed by atoms with Gasteiger partial charge in [-0.2, -0.15) is 0 Å². The van der Waals surface area contributed by atoms with E-state index in [1.165, 1.54) is 11.6 Å². The van der Waals surface area contributed by atoms with Crippen molar-refractivity contribution in [3.8, 4) is 0 Å². The van der Waals surface area contributed by atoms with Gasteiger partial charge in [0.05, 0.1) is 5.69 Å². The summed E-state index contributed by atoms with van der Waals surface area (Å²) < 4.78 is 14.5. The number of hydrogen-bond acceptors (Lipinski definition) is 2. The van der Waals surface area contributed by atoms with E-state index in [2.05, 4.69) is 50.4 Å². The molecule has 0 spiro atoms. The Labute approximate surface area is 133 Å². The van der Waals surface area contributed by atoms with Gasteiger partial charge in [0.25, 0.3) is 0 Å². The van der Waals surface area contributed by atoms with Gasteiger partial charge in [-0.25, -0.2) is 4.39 Å². The molecule has 2 aromatic carbocycles. The van der Waals surface area contributed by atoms with Crippen molar-refractivity contribution in [1.82, 2.24) is 5.32 Å². The van der Waals surface area contributed by atoms with Crippen LogP contribution in [0, 0.1) is 5.82 Å². The number of nitrogens with one attached hydrogen (secondary N) is 1. The summed E-state index contributed by atoms with van der Waals surface area (Å²) in [5, 5.41) is 3.58. The first kappa shape index (κ1) is 14.5. The van der Waals surface area contributed by atoms with Crippen LogP contribution in [0.25, 0.3) is 0 Å². The molecule has 0 amide bonds. The van der Waals surface area contributed by atoms with E-state index in [1.54, 1.807) is 12.1 Å². The third kappa shape index (κ3) is 3.44. The average Bonchev–Trinajstić information content (AvgIpc) is 2.76. The van der Waals surface area contributed by atoms with E-state index in [1.807, 2.05) is 6.07 Å². The minimum atomic E-state index is -0.193. The molecule has 4 heteroatoms. The van der Waals surface area contributed by atoms with Crippen LogP contribution in [-0.2, 0) is 0 Å². The van der Waals surface area contributed by atoms with E-state index in [4.69, 9.17) is 0 Å². The van der Waals surface area contributed by atoms with Gasteiger partial charge < -0.3 is 10.2 Å². The lowest BCUT2D eigenvalue weighted by molar-refractivity contribution is 0.569. The molecule has 2 nitrogen and oxygen atoms in total. The Morgan fingerprint density at radius 1 is 1.14 bits per heavy atom. The monoisotopic (exact) mass is 348 g/mol. The third-order valence-electron chi connectivity index (χ3n) is 3.85. The van der Waals surface area contributed by atoms with Gasteiger partial charge in [-0.3, -0.25) is 0 Å². The molecular weight excluding hydrogens is 331 g/mol. The molecule has 1 saturated heterocycles. The predicted octanol–water partition coefficient (Wildman–Crippen LogP) is 4.13. The minimum Gasteiger partial charge on any atom is -0.369 e. The first-order valence-corrected chi connectivity index (χ1v) is 8.01. The molecule has 1 unspecified atom stereocenters. The van der Waals surface area contributed by atoms with Crippen molar-refractivity contribution in [2.24, 2.45) is 0 Å². The molecule has 1 atom stereocenters. The molecule has 1 N–H and O–H groups in total. The van der Waals surface area contributed by atoms with Gasteiger partial charge in [0.15, 0.2) is 0 Å². The molecule has 1 fully saturated rings. The number of hydrogen-bond donors (Lipinski definition) is 1. The van der Waals surface area contributed by atoms with Crippen LogP contribution < -0.4 is 10.2 Å². The van der Waals surface area contributed by atoms with Gasteiger partial charge in [0.1, 0.15) is 5.82 Å². The Hall–Kier alpha value is -1.39. The van der Waals surface area contributed by atoms with Crippen LogP contribution in [0.3, 0.4) is 0 Å². The van der Waals surface area contributed by atoms with Gasteiger partial charge in [-0.05, 0) is 52.7 Å². The molecule has 2 aromatic rings. The van der Waals surface area contributed by atoms with E-state index in [9.17, 15) is 4.39 Å². The molecule has 0 aliphatic carbocycles. The summed E-state index contributed by atoms with van der Waals surface area (Å²) >= 11 is 3.54. The van der Waals surface area contributed by atoms with Crippen molar-refractivity contribution in [2.75, 3.05) is 24.5 Å². The maximum atomic E-state index is 13.6. The number of rotatable bonds is 2. The van der Waals surface area contributed by atoms with Crippen LogP contribution in [0.2, 0.25) is 0 Å². The lowest BCUT2D eigenvalue weighted by Crippen LogP contribution is -2.31. The van der Waals surface area contributed by atoms with Crippen LogP contribution in [0.5, 0.6) is 0 Å². The van der Waals surface area contributed by atoms with Crippen molar-refractivity contribution < 1.29 is 4.39 Å². The number of anilines is 1. The second kappa shape index (κ2) is 6.58. The van der Waals surface area contributed by atoms with Crippen LogP contribution in [-0.4, -0.2) is 19.6 Å². The maximum absolute atomic E-state index is 13.6. The lowest BCUT2D eigenvalue weighted by atomic mass is 10.1. The van der Waals surface area contributed by atoms with Gasteiger partial charge in [0, 0.05) is 23.6 Å². The Bertz CT molecular complexity index is 603. The highest BCUT2D eigenvalue weighted by molar-refractivity contribution is 9.10. The van der Waals surface area contributed by atoms with E-state index >= 15 is 0 Å². The standard InChI is InChI=1S/C17H18BrFN2/c18-15-8-7-14(19)11-17(15)21-10-4-9-20-16(12-21)13-5-2-1-3-6-13/h1-3,5-8,11,16,20H,4,9-10,12H2. The summed E-state index contributed by atoms with van der Waals surface area (Å²) in [6.07, 6.45) is 1.05. The Morgan fingerprint density at radius 2 is 1.95 bits per heavy atom. The summed E-state index contributed by atoms with van der Waals surface area (Å²) in [7, 11) is 0.